The molecule has 20 heavy (non-hydrogen) atoms. The van der Waals surface area contributed by atoms with Crippen molar-refractivity contribution in [2.45, 2.75) is 32.7 Å². The van der Waals surface area contributed by atoms with E-state index in [0.29, 0.717) is 0 Å². The molecule has 3 rings (SSSR count). The van der Waals surface area contributed by atoms with Crippen molar-refractivity contribution in [1.29, 1.82) is 0 Å². The van der Waals surface area contributed by atoms with Gasteiger partial charge in [-0.3, -0.25) is 0 Å². The van der Waals surface area contributed by atoms with E-state index >= 15 is 0 Å². The molecular formula is C16H20N2O2. The first kappa shape index (κ1) is 13.3. The molecule has 1 saturated heterocycles. The summed E-state index contributed by atoms with van der Waals surface area (Å²) in [5.41, 5.74) is 1.86. The number of pyridine rings is 1. The summed E-state index contributed by atoms with van der Waals surface area (Å²) in [6.45, 7) is 5.86. The van der Waals surface area contributed by atoms with Crippen LogP contribution in [0.1, 0.15) is 19.4 Å². The Bertz CT molecular complexity index is 604. The summed E-state index contributed by atoms with van der Waals surface area (Å²) in [4.78, 5) is 6.98. The van der Waals surface area contributed by atoms with Crippen LogP contribution in [0.4, 0.5) is 5.82 Å². The topological polar surface area (TPSA) is 45.6 Å². The van der Waals surface area contributed by atoms with Crippen LogP contribution in [0.15, 0.2) is 30.3 Å². The highest BCUT2D eigenvalue weighted by atomic mass is 16.5. The van der Waals surface area contributed by atoms with E-state index in [2.05, 4.69) is 18.7 Å². The Morgan fingerprint density at radius 2 is 1.95 bits per heavy atom. The largest absolute Gasteiger partial charge is 0.392 e. The van der Waals surface area contributed by atoms with Gasteiger partial charge in [0.1, 0.15) is 5.82 Å². The van der Waals surface area contributed by atoms with Crippen molar-refractivity contribution in [3.05, 3.63) is 35.9 Å². The molecule has 2 atom stereocenters. The maximum Gasteiger partial charge on any atom is 0.129 e. The predicted molar refractivity (Wildman–Crippen MR) is 79.9 cm³/mol. The highest BCUT2D eigenvalue weighted by Gasteiger charge is 2.23. The maximum atomic E-state index is 9.59. The van der Waals surface area contributed by atoms with Crippen molar-refractivity contribution >= 4 is 16.7 Å². The molecule has 106 valence electrons. The van der Waals surface area contributed by atoms with E-state index in [9.17, 15) is 5.11 Å². The number of fused-ring (bicyclic) bond motifs is 1. The van der Waals surface area contributed by atoms with Gasteiger partial charge in [-0.25, -0.2) is 4.98 Å². The van der Waals surface area contributed by atoms with Crippen LogP contribution in [0.2, 0.25) is 0 Å². The van der Waals surface area contributed by atoms with Crippen molar-refractivity contribution in [1.82, 2.24) is 4.98 Å². The molecule has 1 aromatic heterocycles. The van der Waals surface area contributed by atoms with Crippen LogP contribution < -0.4 is 4.90 Å². The molecular weight excluding hydrogens is 252 g/mol. The van der Waals surface area contributed by atoms with Crippen LogP contribution >= 0.6 is 0 Å². The molecule has 0 amide bonds. The first-order valence-electron chi connectivity index (χ1n) is 7.07. The fourth-order valence-electron chi connectivity index (χ4n) is 2.89. The Hall–Kier alpha value is -1.65. The monoisotopic (exact) mass is 272 g/mol. The minimum Gasteiger partial charge on any atom is -0.392 e. The number of aliphatic hydroxyl groups excluding tert-OH is 1. The molecule has 0 aliphatic carbocycles. The molecule has 1 aliphatic rings. The van der Waals surface area contributed by atoms with Crippen molar-refractivity contribution in [3.63, 3.8) is 0 Å². The van der Waals surface area contributed by atoms with Gasteiger partial charge in [0.25, 0.3) is 0 Å². The van der Waals surface area contributed by atoms with Gasteiger partial charge in [0.2, 0.25) is 0 Å². The minimum atomic E-state index is 0.0332. The van der Waals surface area contributed by atoms with E-state index < -0.39 is 0 Å². The molecule has 4 nitrogen and oxygen atoms in total. The summed E-state index contributed by atoms with van der Waals surface area (Å²) >= 11 is 0. The van der Waals surface area contributed by atoms with Gasteiger partial charge in [-0.1, -0.05) is 18.2 Å². The number of hydrogen-bond acceptors (Lipinski definition) is 4. The van der Waals surface area contributed by atoms with Gasteiger partial charge in [0, 0.05) is 18.5 Å². The number of benzene rings is 1. The molecule has 4 heteroatoms. The number of rotatable bonds is 2. The van der Waals surface area contributed by atoms with E-state index in [0.717, 1.165) is 35.4 Å². The zero-order valence-corrected chi connectivity index (χ0v) is 11.9. The second-order valence-electron chi connectivity index (χ2n) is 5.48. The van der Waals surface area contributed by atoms with E-state index in [1.165, 1.54) is 0 Å². The van der Waals surface area contributed by atoms with Gasteiger partial charge < -0.3 is 14.7 Å². The molecule has 2 unspecified atom stereocenters. The summed E-state index contributed by atoms with van der Waals surface area (Å²) in [6, 6.07) is 9.94. The number of ether oxygens (including phenoxy) is 1. The maximum absolute atomic E-state index is 9.59. The highest BCUT2D eigenvalue weighted by Crippen LogP contribution is 2.25. The molecule has 0 bridgehead atoms. The number of aromatic nitrogens is 1. The average Bonchev–Trinajstić information content (AvgIpc) is 2.45. The lowest BCUT2D eigenvalue weighted by atomic mass is 10.1. The van der Waals surface area contributed by atoms with Gasteiger partial charge in [-0.2, -0.15) is 0 Å². The van der Waals surface area contributed by atoms with Crippen LogP contribution in [-0.4, -0.2) is 35.4 Å². The van der Waals surface area contributed by atoms with Gasteiger partial charge in [0.15, 0.2) is 0 Å². The van der Waals surface area contributed by atoms with E-state index in [1.807, 2.05) is 30.3 Å². The third-order valence-corrected chi connectivity index (χ3v) is 3.70. The van der Waals surface area contributed by atoms with Gasteiger partial charge >= 0.3 is 0 Å². The first-order valence-corrected chi connectivity index (χ1v) is 7.07. The van der Waals surface area contributed by atoms with Crippen LogP contribution in [-0.2, 0) is 11.3 Å². The number of aliphatic hydroxyl groups is 1. The normalized spacial score (nSPS) is 23.2. The summed E-state index contributed by atoms with van der Waals surface area (Å²) in [7, 11) is 0. The van der Waals surface area contributed by atoms with Crippen LogP contribution in [0.25, 0.3) is 10.9 Å². The van der Waals surface area contributed by atoms with E-state index in [4.69, 9.17) is 9.72 Å². The average molecular weight is 272 g/mol. The lowest BCUT2D eigenvalue weighted by molar-refractivity contribution is -0.00544. The fraction of sp³-hybridized carbons (Fsp3) is 0.438. The summed E-state index contributed by atoms with van der Waals surface area (Å²) in [5.74, 6) is 0.926. The Balaban J connectivity index is 2.03. The molecule has 1 aromatic carbocycles. The Kier molecular flexibility index (Phi) is 3.59. The second kappa shape index (κ2) is 5.38. The Morgan fingerprint density at radius 1 is 1.25 bits per heavy atom. The smallest absolute Gasteiger partial charge is 0.129 e. The number of hydrogen-bond donors (Lipinski definition) is 1. The summed E-state index contributed by atoms with van der Waals surface area (Å²) < 4.78 is 5.76. The molecule has 0 spiro atoms. The van der Waals surface area contributed by atoms with E-state index in [-0.39, 0.29) is 18.8 Å². The molecule has 1 N–H and O–H groups in total. The zero-order valence-electron chi connectivity index (χ0n) is 11.9. The summed E-state index contributed by atoms with van der Waals surface area (Å²) in [6.07, 6.45) is 0.397. The first-order chi connectivity index (χ1) is 9.67. The molecule has 1 aliphatic heterocycles. The standard InChI is InChI=1S/C16H20N2O2/c1-11-8-18(9-12(2)20-11)16-7-13(10-19)14-5-3-4-6-15(14)17-16/h3-7,11-12,19H,8-10H2,1-2H3. The fourth-order valence-corrected chi connectivity index (χ4v) is 2.89. The zero-order chi connectivity index (χ0) is 14.1. The quantitative estimate of drug-likeness (QED) is 0.911. The predicted octanol–water partition coefficient (Wildman–Crippen LogP) is 2.34. The molecule has 2 heterocycles. The van der Waals surface area contributed by atoms with Crippen molar-refractivity contribution < 1.29 is 9.84 Å². The third-order valence-electron chi connectivity index (χ3n) is 3.70. The van der Waals surface area contributed by atoms with Crippen molar-refractivity contribution in [2.75, 3.05) is 18.0 Å². The minimum absolute atomic E-state index is 0.0332. The highest BCUT2D eigenvalue weighted by molar-refractivity contribution is 5.84. The molecule has 2 aromatic rings. The number of morpholine rings is 1. The Labute approximate surface area is 119 Å². The van der Waals surface area contributed by atoms with Crippen LogP contribution in [0.3, 0.4) is 0 Å². The molecule has 0 radical (unpaired) electrons. The number of para-hydroxylation sites is 1. The second-order valence-corrected chi connectivity index (χ2v) is 5.48. The number of anilines is 1. The van der Waals surface area contributed by atoms with Gasteiger partial charge in [0.05, 0.1) is 24.3 Å². The van der Waals surface area contributed by atoms with E-state index in [1.54, 1.807) is 0 Å². The molecule has 1 fully saturated rings. The Morgan fingerprint density at radius 3 is 2.65 bits per heavy atom. The van der Waals surface area contributed by atoms with Gasteiger partial charge in [-0.05, 0) is 31.5 Å². The molecule has 0 saturated carbocycles. The van der Waals surface area contributed by atoms with Crippen molar-refractivity contribution in [2.24, 2.45) is 0 Å². The third kappa shape index (κ3) is 2.49. The lowest BCUT2D eigenvalue weighted by Crippen LogP contribution is -2.45. The SMILES string of the molecule is CC1CN(c2cc(CO)c3ccccc3n2)CC(C)O1. The van der Waals surface area contributed by atoms with Crippen LogP contribution in [0, 0.1) is 0 Å². The van der Waals surface area contributed by atoms with Gasteiger partial charge in [-0.15, -0.1) is 0 Å². The summed E-state index contributed by atoms with van der Waals surface area (Å²) in [5, 5.41) is 10.6. The van der Waals surface area contributed by atoms with Crippen LogP contribution in [0.5, 0.6) is 0 Å². The number of nitrogens with zero attached hydrogens (tertiary/aromatic N) is 2. The lowest BCUT2D eigenvalue weighted by Gasteiger charge is -2.36. The van der Waals surface area contributed by atoms with Crippen molar-refractivity contribution in [3.8, 4) is 0 Å².